The Morgan fingerprint density at radius 3 is 2.68 bits per heavy atom. The van der Waals surface area contributed by atoms with E-state index in [1.165, 1.54) is 37.0 Å². The molecule has 1 aliphatic heterocycles. The third kappa shape index (κ3) is 2.82. The molecular formula is C23H25ClN2O2. The summed E-state index contributed by atoms with van der Waals surface area (Å²) in [4.78, 5) is 15.3. The van der Waals surface area contributed by atoms with Crippen molar-refractivity contribution >= 4 is 17.5 Å². The fourth-order valence-corrected chi connectivity index (χ4v) is 5.92. The Kier molecular flexibility index (Phi) is 4.37. The molecule has 0 aromatic heterocycles. The van der Waals surface area contributed by atoms with E-state index in [4.69, 9.17) is 11.6 Å². The van der Waals surface area contributed by atoms with Crippen molar-refractivity contribution in [3.8, 4) is 5.75 Å². The monoisotopic (exact) mass is 396 g/mol. The smallest absolute Gasteiger partial charge is 0.255 e. The number of hydrogen-bond acceptors (Lipinski definition) is 3. The van der Waals surface area contributed by atoms with Gasteiger partial charge in [0.25, 0.3) is 5.91 Å². The van der Waals surface area contributed by atoms with Gasteiger partial charge in [0.1, 0.15) is 5.75 Å². The summed E-state index contributed by atoms with van der Waals surface area (Å²) >= 11 is 6.00. The molecule has 1 saturated heterocycles. The topological polar surface area (TPSA) is 52.6 Å². The van der Waals surface area contributed by atoms with E-state index in [-0.39, 0.29) is 23.3 Å². The maximum atomic E-state index is 12.7. The van der Waals surface area contributed by atoms with Gasteiger partial charge in [0.2, 0.25) is 0 Å². The first-order chi connectivity index (χ1) is 13.6. The number of aromatic hydroxyl groups is 1. The second-order valence-corrected chi connectivity index (χ2v) is 9.00. The summed E-state index contributed by atoms with van der Waals surface area (Å²) in [6.45, 7) is 0.994. The van der Waals surface area contributed by atoms with E-state index in [0.717, 1.165) is 19.4 Å². The van der Waals surface area contributed by atoms with Crippen molar-refractivity contribution in [3.05, 3.63) is 64.7 Å². The number of hydrogen-bond donors (Lipinski definition) is 2. The number of likely N-dealkylation sites (tertiary alicyclic amines) is 1. The maximum Gasteiger partial charge on any atom is 0.255 e. The molecule has 28 heavy (non-hydrogen) atoms. The van der Waals surface area contributed by atoms with Gasteiger partial charge in [0, 0.05) is 35.1 Å². The molecule has 0 bridgehead atoms. The predicted octanol–water partition coefficient (Wildman–Crippen LogP) is 4.36. The van der Waals surface area contributed by atoms with Crippen LogP contribution in [0, 0.1) is 5.41 Å². The molecule has 2 aromatic rings. The minimum absolute atomic E-state index is 0.0254. The third-order valence-electron chi connectivity index (χ3n) is 7.22. The maximum absolute atomic E-state index is 12.7. The Morgan fingerprint density at radius 2 is 1.93 bits per heavy atom. The van der Waals surface area contributed by atoms with E-state index >= 15 is 0 Å². The molecule has 2 aromatic carbocycles. The minimum Gasteiger partial charge on any atom is -0.507 e. The van der Waals surface area contributed by atoms with E-state index in [1.54, 1.807) is 6.07 Å². The summed E-state index contributed by atoms with van der Waals surface area (Å²) in [5, 5.41) is 13.6. The standard InChI is InChI=1S/C23H25ClN2O2/c24-16-6-7-19(27)18(12-16)22(28)25-17-8-10-23-11-9-20(23)26(21(23)13-17)14-15-4-2-1-3-5-15/h1-7,12,17,20-21,27H,8-11,13-14H2,(H,25,28)/t17-,20?,21?,23?/m0/s1. The van der Waals surface area contributed by atoms with Crippen LogP contribution in [0.15, 0.2) is 48.5 Å². The number of nitrogens with one attached hydrogen (secondary N) is 1. The molecule has 1 amide bonds. The lowest BCUT2D eigenvalue weighted by Crippen LogP contribution is -2.78. The quantitative estimate of drug-likeness (QED) is 0.807. The summed E-state index contributed by atoms with van der Waals surface area (Å²) in [5.74, 6) is -0.261. The highest BCUT2D eigenvalue weighted by atomic mass is 35.5. The number of phenolic OH excluding ortho intramolecular Hbond substituents is 1. The molecule has 3 unspecified atom stereocenters. The molecule has 5 rings (SSSR count). The number of benzene rings is 2. The molecule has 5 heteroatoms. The number of rotatable bonds is 4. The van der Waals surface area contributed by atoms with Crippen molar-refractivity contribution < 1.29 is 9.90 Å². The molecule has 4 atom stereocenters. The Labute approximate surface area is 170 Å². The highest BCUT2D eigenvalue weighted by Gasteiger charge is 2.66. The molecule has 2 N–H and O–H groups in total. The van der Waals surface area contributed by atoms with Gasteiger partial charge >= 0.3 is 0 Å². The zero-order valence-corrected chi connectivity index (χ0v) is 16.5. The van der Waals surface area contributed by atoms with Gasteiger partial charge in [-0.3, -0.25) is 9.69 Å². The lowest BCUT2D eigenvalue weighted by Gasteiger charge is -2.73. The number of halogens is 1. The largest absolute Gasteiger partial charge is 0.507 e. The highest BCUT2D eigenvalue weighted by Crippen LogP contribution is 2.64. The van der Waals surface area contributed by atoms with Gasteiger partial charge in [0.05, 0.1) is 5.56 Å². The van der Waals surface area contributed by atoms with Gasteiger partial charge in [-0.1, -0.05) is 41.9 Å². The lowest BCUT2D eigenvalue weighted by molar-refractivity contribution is -0.231. The summed E-state index contributed by atoms with van der Waals surface area (Å²) in [7, 11) is 0. The predicted molar refractivity (Wildman–Crippen MR) is 109 cm³/mol. The Hall–Kier alpha value is -2.04. The molecule has 2 saturated carbocycles. The zero-order valence-electron chi connectivity index (χ0n) is 15.8. The first-order valence-electron chi connectivity index (χ1n) is 10.2. The second kappa shape index (κ2) is 6.78. The van der Waals surface area contributed by atoms with Crippen LogP contribution in [0.5, 0.6) is 5.75 Å². The number of piperidine rings is 1. The van der Waals surface area contributed by atoms with Crippen molar-refractivity contribution in [2.45, 2.75) is 56.8 Å². The van der Waals surface area contributed by atoms with E-state index in [1.807, 2.05) is 0 Å². The van der Waals surface area contributed by atoms with Crippen LogP contribution >= 0.6 is 11.6 Å². The molecular weight excluding hydrogens is 372 g/mol. The molecule has 3 aliphatic rings. The number of carbonyl (C=O) groups excluding carboxylic acids is 1. The first kappa shape index (κ1) is 18.0. The van der Waals surface area contributed by atoms with Crippen molar-refractivity contribution in [2.75, 3.05) is 0 Å². The van der Waals surface area contributed by atoms with Crippen LogP contribution in [-0.2, 0) is 6.54 Å². The number of nitrogens with zero attached hydrogens (tertiary/aromatic N) is 1. The minimum atomic E-state index is -0.236. The van der Waals surface area contributed by atoms with E-state index in [0.29, 0.717) is 22.5 Å². The van der Waals surface area contributed by atoms with Gasteiger partial charge in [-0.15, -0.1) is 0 Å². The first-order valence-corrected chi connectivity index (χ1v) is 10.5. The van der Waals surface area contributed by atoms with Gasteiger partial charge in [-0.05, 0) is 55.9 Å². The normalized spacial score (nSPS) is 31.1. The number of phenols is 1. The van der Waals surface area contributed by atoms with Crippen molar-refractivity contribution in [1.82, 2.24) is 10.2 Å². The summed E-state index contributed by atoms with van der Waals surface area (Å²) in [6, 6.07) is 16.6. The number of amides is 1. The van der Waals surface area contributed by atoms with Crippen LogP contribution in [0.1, 0.15) is 48.0 Å². The molecule has 146 valence electrons. The Morgan fingerprint density at radius 1 is 1.14 bits per heavy atom. The highest BCUT2D eigenvalue weighted by molar-refractivity contribution is 6.31. The Bertz CT molecular complexity index is 903. The van der Waals surface area contributed by atoms with Crippen molar-refractivity contribution in [3.63, 3.8) is 0 Å². The van der Waals surface area contributed by atoms with Crippen LogP contribution in [-0.4, -0.2) is 34.0 Å². The summed E-state index contributed by atoms with van der Waals surface area (Å²) in [5.41, 5.74) is 2.09. The van der Waals surface area contributed by atoms with Gasteiger partial charge in [0.15, 0.2) is 0 Å². The fraction of sp³-hybridized carbons (Fsp3) is 0.435. The lowest BCUT2D eigenvalue weighted by atomic mass is 9.47. The molecule has 4 nitrogen and oxygen atoms in total. The van der Waals surface area contributed by atoms with Gasteiger partial charge in [-0.25, -0.2) is 0 Å². The second-order valence-electron chi connectivity index (χ2n) is 8.57. The van der Waals surface area contributed by atoms with E-state index in [2.05, 4.69) is 40.5 Å². The van der Waals surface area contributed by atoms with E-state index in [9.17, 15) is 9.90 Å². The number of carbonyl (C=O) groups is 1. The van der Waals surface area contributed by atoms with E-state index < -0.39 is 0 Å². The molecule has 0 radical (unpaired) electrons. The van der Waals surface area contributed by atoms with Crippen LogP contribution in [0.3, 0.4) is 0 Å². The Balaban J connectivity index is 1.28. The zero-order chi connectivity index (χ0) is 19.3. The SMILES string of the molecule is O=C(N[C@H]1CCC23CCC2N(Cc2ccccc2)C3C1)c1cc(Cl)ccc1O. The third-order valence-corrected chi connectivity index (χ3v) is 7.46. The molecule has 1 spiro atoms. The summed E-state index contributed by atoms with van der Waals surface area (Å²) < 4.78 is 0. The average molecular weight is 397 g/mol. The molecule has 3 fully saturated rings. The molecule has 1 heterocycles. The summed E-state index contributed by atoms with van der Waals surface area (Å²) in [6.07, 6.45) is 5.80. The van der Waals surface area contributed by atoms with Gasteiger partial charge < -0.3 is 10.4 Å². The van der Waals surface area contributed by atoms with Gasteiger partial charge in [-0.2, -0.15) is 0 Å². The van der Waals surface area contributed by atoms with Crippen LogP contribution in [0.4, 0.5) is 0 Å². The fourth-order valence-electron chi connectivity index (χ4n) is 5.75. The van der Waals surface area contributed by atoms with Crippen molar-refractivity contribution in [2.24, 2.45) is 5.41 Å². The molecule has 2 aliphatic carbocycles. The van der Waals surface area contributed by atoms with Crippen LogP contribution in [0.2, 0.25) is 5.02 Å². The van der Waals surface area contributed by atoms with Crippen LogP contribution < -0.4 is 5.32 Å². The van der Waals surface area contributed by atoms with Crippen molar-refractivity contribution in [1.29, 1.82) is 0 Å². The van der Waals surface area contributed by atoms with Crippen LogP contribution in [0.25, 0.3) is 0 Å². The average Bonchev–Trinajstić information content (AvgIpc) is 2.69.